The number of hydrogen-bond donors (Lipinski definition) is 2. The molecule has 0 atom stereocenters. The number of fused-ring (bicyclic) bond motifs is 1. The van der Waals surface area contributed by atoms with Gasteiger partial charge in [0.2, 0.25) is 5.91 Å². The van der Waals surface area contributed by atoms with Gasteiger partial charge in [-0.25, -0.2) is 4.98 Å². The molecule has 1 aliphatic heterocycles. The highest BCUT2D eigenvalue weighted by molar-refractivity contribution is 7.12. The summed E-state index contributed by atoms with van der Waals surface area (Å²) in [5, 5.41) is 4.93. The molecule has 0 aliphatic carbocycles. The van der Waals surface area contributed by atoms with Crippen LogP contribution in [0.3, 0.4) is 0 Å². The number of rotatable bonds is 4. The minimum Gasteiger partial charge on any atom is -0.338 e. The summed E-state index contributed by atoms with van der Waals surface area (Å²) in [5.74, 6) is 0.805. The molecule has 0 spiro atoms. The quantitative estimate of drug-likeness (QED) is 0.489. The normalized spacial score (nSPS) is 14.6. The predicted molar refractivity (Wildman–Crippen MR) is 123 cm³/mol. The van der Waals surface area contributed by atoms with Crippen LogP contribution in [0, 0.1) is 5.92 Å². The lowest BCUT2D eigenvalue weighted by Gasteiger charge is -2.31. The number of nitrogens with one attached hydrogen (secondary N) is 2. The Morgan fingerprint density at radius 3 is 2.48 bits per heavy atom. The zero-order valence-electron chi connectivity index (χ0n) is 16.9. The zero-order valence-corrected chi connectivity index (χ0v) is 17.7. The van der Waals surface area contributed by atoms with Gasteiger partial charge in [0.15, 0.2) is 0 Å². The van der Waals surface area contributed by atoms with E-state index in [2.05, 4.69) is 15.3 Å². The number of para-hydroxylation sites is 2. The summed E-state index contributed by atoms with van der Waals surface area (Å²) in [6.45, 7) is 1.22. The van der Waals surface area contributed by atoms with Gasteiger partial charge in [-0.05, 0) is 60.7 Å². The number of hydrogen-bond acceptors (Lipinski definition) is 4. The molecule has 156 valence electrons. The highest BCUT2D eigenvalue weighted by Gasteiger charge is 2.28. The van der Waals surface area contributed by atoms with Gasteiger partial charge in [-0.1, -0.05) is 18.2 Å². The fourth-order valence-corrected chi connectivity index (χ4v) is 4.64. The maximum Gasteiger partial charge on any atom is 0.263 e. The average molecular weight is 431 g/mol. The molecule has 2 N–H and O–H groups in total. The second kappa shape index (κ2) is 8.35. The molecule has 2 aromatic heterocycles. The smallest absolute Gasteiger partial charge is 0.263 e. The Bertz CT molecular complexity index is 1170. The Kier molecular flexibility index (Phi) is 5.26. The van der Waals surface area contributed by atoms with E-state index in [0.717, 1.165) is 33.0 Å². The molecule has 1 aliphatic rings. The summed E-state index contributed by atoms with van der Waals surface area (Å²) in [7, 11) is 0. The lowest BCUT2D eigenvalue weighted by molar-refractivity contribution is -0.121. The predicted octanol–water partition coefficient (Wildman–Crippen LogP) is 4.78. The van der Waals surface area contributed by atoms with Crippen molar-refractivity contribution in [2.75, 3.05) is 18.4 Å². The SMILES string of the molecule is O=C(Nc1ccc(-c2nc3ccccc3[nH]2)cc1)C1CCN(C(=O)c2cccs2)CC1. The second-order valence-corrected chi connectivity index (χ2v) is 8.66. The standard InChI is InChI=1S/C24H22N4O2S/c29-23(17-11-13-28(14-12-17)24(30)21-6-3-15-31-21)25-18-9-7-16(8-10-18)22-26-19-4-1-2-5-20(19)27-22/h1-10,15,17H,11-14H2,(H,25,29)(H,26,27). The van der Waals surface area contributed by atoms with Crippen molar-refractivity contribution in [2.24, 2.45) is 5.92 Å². The van der Waals surface area contributed by atoms with Crippen LogP contribution in [0.5, 0.6) is 0 Å². The minimum atomic E-state index is -0.0811. The van der Waals surface area contributed by atoms with Gasteiger partial charge in [0.25, 0.3) is 5.91 Å². The van der Waals surface area contributed by atoms with Crippen LogP contribution in [0.15, 0.2) is 66.0 Å². The molecule has 1 saturated heterocycles. The van der Waals surface area contributed by atoms with Crippen molar-refractivity contribution in [2.45, 2.75) is 12.8 Å². The maximum atomic E-state index is 12.7. The monoisotopic (exact) mass is 430 g/mol. The number of aromatic amines is 1. The van der Waals surface area contributed by atoms with E-state index < -0.39 is 0 Å². The summed E-state index contributed by atoms with van der Waals surface area (Å²) in [6, 6.07) is 19.4. The van der Waals surface area contributed by atoms with Gasteiger partial charge in [-0.15, -0.1) is 11.3 Å². The van der Waals surface area contributed by atoms with Crippen LogP contribution in [-0.2, 0) is 4.79 Å². The summed E-state index contributed by atoms with van der Waals surface area (Å²) in [4.78, 5) is 35.7. The molecule has 1 fully saturated rings. The van der Waals surface area contributed by atoms with Gasteiger partial charge in [0.1, 0.15) is 5.82 Å². The second-order valence-electron chi connectivity index (χ2n) is 7.71. The van der Waals surface area contributed by atoms with E-state index in [1.807, 2.05) is 70.9 Å². The number of aromatic nitrogens is 2. The highest BCUT2D eigenvalue weighted by atomic mass is 32.1. The Balaban J connectivity index is 1.19. The van der Waals surface area contributed by atoms with Crippen molar-refractivity contribution in [3.63, 3.8) is 0 Å². The molecule has 2 aromatic carbocycles. The van der Waals surface area contributed by atoms with Crippen molar-refractivity contribution < 1.29 is 9.59 Å². The van der Waals surface area contributed by atoms with Crippen LogP contribution in [0.1, 0.15) is 22.5 Å². The molecule has 7 heteroatoms. The molecule has 5 rings (SSSR count). The van der Waals surface area contributed by atoms with Crippen LogP contribution in [-0.4, -0.2) is 39.8 Å². The Labute approximate surface area is 183 Å². The third-order valence-electron chi connectivity index (χ3n) is 5.70. The molecule has 3 heterocycles. The maximum absolute atomic E-state index is 12.7. The molecule has 2 amide bonds. The number of carbonyl (C=O) groups is 2. The molecular weight excluding hydrogens is 408 g/mol. The van der Waals surface area contributed by atoms with Crippen LogP contribution in [0.2, 0.25) is 0 Å². The lowest BCUT2D eigenvalue weighted by Crippen LogP contribution is -2.41. The van der Waals surface area contributed by atoms with Crippen molar-refractivity contribution in [3.8, 4) is 11.4 Å². The Morgan fingerprint density at radius 1 is 1.00 bits per heavy atom. The number of thiophene rings is 1. The first-order valence-corrected chi connectivity index (χ1v) is 11.2. The number of carbonyl (C=O) groups excluding carboxylic acids is 2. The summed E-state index contributed by atoms with van der Waals surface area (Å²) in [5.41, 5.74) is 3.66. The molecular formula is C24H22N4O2S. The third kappa shape index (κ3) is 4.09. The first kappa shape index (κ1) is 19.5. The van der Waals surface area contributed by atoms with Crippen LogP contribution in [0.25, 0.3) is 22.4 Å². The number of amides is 2. The summed E-state index contributed by atoms with van der Waals surface area (Å²) >= 11 is 1.46. The molecule has 4 aromatic rings. The molecule has 0 bridgehead atoms. The summed E-state index contributed by atoms with van der Waals surface area (Å²) in [6.07, 6.45) is 1.36. The van der Waals surface area contributed by atoms with Crippen molar-refractivity contribution in [3.05, 3.63) is 70.9 Å². The molecule has 0 radical (unpaired) electrons. The molecule has 0 unspecified atom stereocenters. The number of H-pyrrole nitrogens is 1. The first-order chi connectivity index (χ1) is 15.2. The third-order valence-corrected chi connectivity index (χ3v) is 6.56. The van der Waals surface area contributed by atoms with Gasteiger partial charge in [-0.3, -0.25) is 9.59 Å². The average Bonchev–Trinajstić information content (AvgIpc) is 3.49. The van der Waals surface area contributed by atoms with Gasteiger partial charge in [-0.2, -0.15) is 0 Å². The molecule has 31 heavy (non-hydrogen) atoms. The minimum absolute atomic E-state index is 0.0136. The van der Waals surface area contributed by atoms with E-state index in [4.69, 9.17) is 0 Å². The number of benzene rings is 2. The van der Waals surface area contributed by atoms with Crippen molar-refractivity contribution in [1.29, 1.82) is 0 Å². The van der Waals surface area contributed by atoms with E-state index >= 15 is 0 Å². The highest BCUT2D eigenvalue weighted by Crippen LogP contribution is 2.24. The van der Waals surface area contributed by atoms with Crippen molar-refractivity contribution >= 4 is 39.9 Å². The fourth-order valence-electron chi connectivity index (χ4n) is 3.95. The van der Waals surface area contributed by atoms with E-state index in [1.54, 1.807) is 0 Å². The number of nitrogens with zero attached hydrogens (tertiary/aromatic N) is 2. The Hall–Kier alpha value is -3.45. The molecule has 6 nitrogen and oxygen atoms in total. The lowest BCUT2D eigenvalue weighted by atomic mass is 9.95. The first-order valence-electron chi connectivity index (χ1n) is 10.4. The van der Waals surface area contributed by atoms with Crippen molar-refractivity contribution in [1.82, 2.24) is 14.9 Å². The van der Waals surface area contributed by atoms with E-state index in [0.29, 0.717) is 25.9 Å². The van der Waals surface area contributed by atoms with E-state index in [9.17, 15) is 9.59 Å². The van der Waals surface area contributed by atoms with E-state index in [-0.39, 0.29) is 17.7 Å². The van der Waals surface area contributed by atoms with Crippen LogP contribution >= 0.6 is 11.3 Å². The number of piperidine rings is 1. The summed E-state index contributed by atoms with van der Waals surface area (Å²) < 4.78 is 0. The Morgan fingerprint density at radius 2 is 1.77 bits per heavy atom. The van der Waals surface area contributed by atoms with Gasteiger partial charge >= 0.3 is 0 Å². The largest absolute Gasteiger partial charge is 0.338 e. The number of anilines is 1. The number of imidazole rings is 1. The van der Waals surface area contributed by atoms with Gasteiger partial charge < -0.3 is 15.2 Å². The fraction of sp³-hybridized carbons (Fsp3) is 0.208. The number of likely N-dealkylation sites (tertiary alicyclic amines) is 1. The van der Waals surface area contributed by atoms with Gasteiger partial charge in [0.05, 0.1) is 15.9 Å². The van der Waals surface area contributed by atoms with E-state index in [1.165, 1.54) is 11.3 Å². The van der Waals surface area contributed by atoms with Gasteiger partial charge in [0, 0.05) is 30.3 Å². The van der Waals surface area contributed by atoms with Crippen LogP contribution < -0.4 is 5.32 Å². The van der Waals surface area contributed by atoms with Crippen LogP contribution in [0.4, 0.5) is 5.69 Å². The molecule has 0 saturated carbocycles. The zero-order chi connectivity index (χ0) is 21.2. The topological polar surface area (TPSA) is 78.1 Å².